The summed E-state index contributed by atoms with van der Waals surface area (Å²) >= 11 is 0. The van der Waals surface area contributed by atoms with Gasteiger partial charge in [-0.05, 0) is 48.9 Å². The Labute approximate surface area is 197 Å². The van der Waals surface area contributed by atoms with Crippen molar-refractivity contribution in [2.75, 3.05) is 49.6 Å². The monoisotopic (exact) mass is 464 g/mol. The molecule has 1 aromatic heterocycles. The van der Waals surface area contributed by atoms with E-state index in [1.165, 1.54) is 6.08 Å². The molecule has 0 radical (unpaired) electrons. The first kappa shape index (κ1) is 23.2. The second-order valence-corrected chi connectivity index (χ2v) is 8.18. The van der Waals surface area contributed by atoms with E-state index in [4.69, 9.17) is 10.5 Å². The second kappa shape index (κ2) is 10.3. The van der Waals surface area contributed by atoms with Gasteiger partial charge in [0.2, 0.25) is 5.91 Å². The van der Waals surface area contributed by atoms with Gasteiger partial charge in [-0.2, -0.15) is 0 Å². The Hall–Kier alpha value is -3.92. The summed E-state index contributed by atoms with van der Waals surface area (Å²) in [5.74, 6) is 0.151. The number of benzene rings is 1. The quantitative estimate of drug-likeness (QED) is 0.526. The number of hydrogen-bond acceptors (Lipinski definition) is 7. The number of hydrogen-bond donors (Lipinski definition) is 3. The van der Waals surface area contributed by atoms with Gasteiger partial charge < -0.3 is 30.9 Å². The molecule has 1 atom stereocenters. The lowest BCUT2D eigenvalue weighted by atomic mass is 10.1. The number of ether oxygens (including phenoxy) is 1. The molecule has 3 heterocycles. The number of anilines is 3. The molecule has 1 unspecified atom stereocenters. The minimum atomic E-state index is -0.599. The largest absolute Gasteiger partial charge is 0.378 e. The van der Waals surface area contributed by atoms with Gasteiger partial charge in [0.1, 0.15) is 11.6 Å². The fourth-order valence-corrected chi connectivity index (χ4v) is 4.05. The van der Waals surface area contributed by atoms with E-state index in [1.807, 2.05) is 4.90 Å². The zero-order chi connectivity index (χ0) is 24.1. The molecule has 0 saturated carbocycles. The number of aromatic nitrogens is 1. The van der Waals surface area contributed by atoms with Crippen molar-refractivity contribution in [3.63, 3.8) is 0 Å². The molecule has 2 aromatic rings. The topological polar surface area (TPSA) is 130 Å². The van der Waals surface area contributed by atoms with E-state index in [1.54, 1.807) is 41.3 Å². The molecular formula is C24H28N6O4. The smallest absolute Gasteiger partial charge is 0.254 e. The first-order chi connectivity index (χ1) is 16.4. The summed E-state index contributed by atoms with van der Waals surface area (Å²) in [5.41, 5.74) is 7.07. The number of carbonyl (C=O) groups excluding carboxylic acids is 3. The van der Waals surface area contributed by atoms with E-state index in [0.29, 0.717) is 62.3 Å². The first-order valence-electron chi connectivity index (χ1n) is 11.2. The standard InChI is InChI=1S/C24H28N6O4/c1-2-21(31)26-18-9-10-30(15-18)20-8-7-19(22(25)32)23(28-20)27-17-5-3-16(4-6-17)24(33)29-11-13-34-14-12-29/h2-8,18H,1,9-15H2,(H2,25,32)(H,26,31)(H,27,28). The molecule has 34 heavy (non-hydrogen) atoms. The highest BCUT2D eigenvalue weighted by Crippen LogP contribution is 2.25. The van der Waals surface area contributed by atoms with Gasteiger partial charge in [-0.1, -0.05) is 6.58 Å². The van der Waals surface area contributed by atoms with Gasteiger partial charge in [0.15, 0.2) is 0 Å². The molecule has 4 N–H and O–H groups in total. The molecule has 1 aromatic carbocycles. The van der Waals surface area contributed by atoms with Crippen molar-refractivity contribution in [3.05, 3.63) is 60.2 Å². The summed E-state index contributed by atoms with van der Waals surface area (Å²) in [6.45, 7) is 7.03. The highest BCUT2D eigenvalue weighted by molar-refractivity contribution is 5.99. The zero-order valence-corrected chi connectivity index (χ0v) is 18.8. The van der Waals surface area contributed by atoms with E-state index in [9.17, 15) is 14.4 Å². The lowest BCUT2D eigenvalue weighted by Gasteiger charge is -2.26. The van der Waals surface area contributed by atoms with Crippen LogP contribution in [0.2, 0.25) is 0 Å². The number of pyridine rings is 1. The van der Waals surface area contributed by atoms with Crippen LogP contribution in [0.15, 0.2) is 49.1 Å². The van der Waals surface area contributed by atoms with Crippen LogP contribution >= 0.6 is 0 Å². The predicted molar refractivity (Wildman–Crippen MR) is 128 cm³/mol. The lowest BCUT2D eigenvalue weighted by molar-refractivity contribution is -0.117. The van der Waals surface area contributed by atoms with Crippen LogP contribution in [0.25, 0.3) is 0 Å². The van der Waals surface area contributed by atoms with Crippen LogP contribution in [0.3, 0.4) is 0 Å². The summed E-state index contributed by atoms with van der Waals surface area (Å²) in [5, 5.41) is 6.05. The third-order valence-electron chi connectivity index (χ3n) is 5.88. The van der Waals surface area contributed by atoms with Crippen molar-refractivity contribution in [1.29, 1.82) is 0 Å². The van der Waals surface area contributed by atoms with Gasteiger partial charge in [-0.25, -0.2) is 4.98 Å². The van der Waals surface area contributed by atoms with Gasteiger partial charge in [0.25, 0.3) is 11.8 Å². The summed E-state index contributed by atoms with van der Waals surface area (Å²) < 4.78 is 5.30. The number of nitrogens with one attached hydrogen (secondary N) is 2. The fourth-order valence-electron chi connectivity index (χ4n) is 4.05. The van der Waals surface area contributed by atoms with Crippen LogP contribution in [0.5, 0.6) is 0 Å². The lowest BCUT2D eigenvalue weighted by Crippen LogP contribution is -2.40. The van der Waals surface area contributed by atoms with Crippen molar-refractivity contribution in [2.45, 2.75) is 12.5 Å². The van der Waals surface area contributed by atoms with Crippen molar-refractivity contribution in [3.8, 4) is 0 Å². The van der Waals surface area contributed by atoms with Gasteiger partial charge in [0.05, 0.1) is 18.8 Å². The Morgan fingerprint density at radius 1 is 1.09 bits per heavy atom. The SMILES string of the molecule is C=CC(=O)NC1CCN(c2ccc(C(N)=O)c(Nc3ccc(C(=O)N4CCOCC4)cc3)n2)C1. The molecule has 10 nitrogen and oxygen atoms in total. The van der Waals surface area contributed by atoms with E-state index in [2.05, 4.69) is 22.2 Å². The van der Waals surface area contributed by atoms with Crippen LogP contribution < -0.4 is 21.3 Å². The summed E-state index contributed by atoms with van der Waals surface area (Å²) in [6.07, 6.45) is 2.03. The number of carbonyl (C=O) groups is 3. The van der Waals surface area contributed by atoms with Crippen LogP contribution in [-0.2, 0) is 9.53 Å². The van der Waals surface area contributed by atoms with Gasteiger partial charge >= 0.3 is 0 Å². The predicted octanol–water partition coefficient (Wildman–Crippen LogP) is 1.28. The van der Waals surface area contributed by atoms with Gasteiger partial charge in [0, 0.05) is 43.5 Å². The molecule has 4 rings (SSSR count). The summed E-state index contributed by atoms with van der Waals surface area (Å²) in [7, 11) is 0. The molecule has 10 heteroatoms. The van der Waals surface area contributed by atoms with Gasteiger partial charge in [-0.3, -0.25) is 14.4 Å². The van der Waals surface area contributed by atoms with Crippen LogP contribution in [0.4, 0.5) is 17.3 Å². The van der Waals surface area contributed by atoms with Gasteiger partial charge in [-0.15, -0.1) is 0 Å². The molecule has 2 aliphatic rings. The molecular weight excluding hydrogens is 436 g/mol. The number of rotatable bonds is 7. The van der Waals surface area contributed by atoms with Crippen molar-refractivity contribution >= 4 is 35.0 Å². The highest BCUT2D eigenvalue weighted by atomic mass is 16.5. The number of morpholine rings is 1. The normalized spacial score (nSPS) is 17.8. The molecule has 0 bridgehead atoms. The molecule has 2 saturated heterocycles. The van der Waals surface area contributed by atoms with Crippen LogP contribution in [0.1, 0.15) is 27.1 Å². The molecule has 3 amide bonds. The average molecular weight is 465 g/mol. The van der Waals surface area contributed by atoms with E-state index >= 15 is 0 Å². The fraction of sp³-hybridized carbons (Fsp3) is 0.333. The summed E-state index contributed by atoms with van der Waals surface area (Å²) in [6, 6.07) is 10.4. The minimum absolute atomic E-state index is 0.00364. The Morgan fingerprint density at radius 2 is 1.82 bits per heavy atom. The maximum absolute atomic E-state index is 12.7. The molecule has 0 aliphatic carbocycles. The second-order valence-electron chi connectivity index (χ2n) is 8.18. The number of primary amides is 1. The van der Waals surface area contributed by atoms with E-state index < -0.39 is 5.91 Å². The van der Waals surface area contributed by atoms with Crippen molar-refractivity contribution < 1.29 is 19.1 Å². The average Bonchev–Trinajstić information content (AvgIpc) is 3.32. The molecule has 0 spiro atoms. The van der Waals surface area contributed by atoms with Crippen molar-refractivity contribution in [1.82, 2.24) is 15.2 Å². The first-order valence-corrected chi connectivity index (χ1v) is 11.2. The van der Waals surface area contributed by atoms with Crippen LogP contribution in [-0.4, -0.2) is 73.0 Å². The Bertz CT molecular complexity index is 1080. The maximum Gasteiger partial charge on any atom is 0.254 e. The Kier molecular flexibility index (Phi) is 7.07. The highest BCUT2D eigenvalue weighted by Gasteiger charge is 2.25. The molecule has 2 fully saturated rings. The van der Waals surface area contributed by atoms with Crippen LogP contribution in [0, 0.1) is 0 Å². The number of amides is 3. The Morgan fingerprint density at radius 3 is 2.50 bits per heavy atom. The molecule has 2 aliphatic heterocycles. The zero-order valence-electron chi connectivity index (χ0n) is 18.8. The molecule has 178 valence electrons. The maximum atomic E-state index is 12.7. The third kappa shape index (κ3) is 5.34. The Balaban J connectivity index is 1.48. The number of nitrogens with zero attached hydrogens (tertiary/aromatic N) is 3. The van der Waals surface area contributed by atoms with E-state index in [-0.39, 0.29) is 23.4 Å². The minimum Gasteiger partial charge on any atom is -0.378 e. The number of nitrogens with two attached hydrogens (primary N) is 1. The summed E-state index contributed by atoms with van der Waals surface area (Å²) in [4.78, 5) is 44.7. The van der Waals surface area contributed by atoms with E-state index in [0.717, 1.165) is 6.42 Å². The van der Waals surface area contributed by atoms with Crippen molar-refractivity contribution in [2.24, 2.45) is 5.73 Å². The third-order valence-corrected chi connectivity index (χ3v) is 5.88.